The predicted molar refractivity (Wildman–Crippen MR) is 167 cm³/mol. The van der Waals surface area contributed by atoms with Crippen molar-refractivity contribution in [3.8, 4) is 17.2 Å². The fraction of sp³-hybridized carbons (Fsp3) is 0.515. The highest BCUT2D eigenvalue weighted by Crippen LogP contribution is 2.25. The van der Waals surface area contributed by atoms with Gasteiger partial charge in [-0.3, -0.25) is 19.2 Å². The van der Waals surface area contributed by atoms with Gasteiger partial charge in [-0.25, -0.2) is 0 Å². The summed E-state index contributed by atoms with van der Waals surface area (Å²) in [6.45, 7) is 7.58. The van der Waals surface area contributed by atoms with E-state index in [4.69, 9.17) is 14.2 Å². The monoisotopic (exact) mass is 610 g/mol. The summed E-state index contributed by atoms with van der Waals surface area (Å²) in [4.78, 5) is 55.3. The molecule has 240 valence electrons. The molecule has 3 N–H and O–H groups in total. The van der Waals surface area contributed by atoms with Crippen molar-refractivity contribution in [1.29, 1.82) is 0 Å². The van der Waals surface area contributed by atoms with Gasteiger partial charge >= 0.3 is 0 Å². The number of hydrogen-bond donors (Lipinski definition) is 3. The summed E-state index contributed by atoms with van der Waals surface area (Å²) < 4.78 is 17.0. The maximum Gasteiger partial charge on any atom is 0.255 e. The van der Waals surface area contributed by atoms with Gasteiger partial charge in [0.2, 0.25) is 17.7 Å². The van der Waals surface area contributed by atoms with E-state index < -0.39 is 29.8 Å². The summed E-state index contributed by atoms with van der Waals surface area (Å²) in [5, 5.41) is 8.35. The Morgan fingerprint density at radius 3 is 2.50 bits per heavy atom. The molecular formula is C33H46N4O7. The first-order valence-corrected chi connectivity index (χ1v) is 15.4. The first-order chi connectivity index (χ1) is 21.2. The van der Waals surface area contributed by atoms with Crippen LogP contribution in [0.4, 0.5) is 0 Å². The highest BCUT2D eigenvalue weighted by Gasteiger charge is 2.31. The molecule has 0 saturated heterocycles. The highest BCUT2D eigenvalue weighted by atomic mass is 16.5. The number of hydrogen-bond acceptors (Lipinski definition) is 7. The third-order valence-corrected chi connectivity index (χ3v) is 7.14. The number of para-hydroxylation sites is 3. The second-order valence-corrected chi connectivity index (χ2v) is 11.1. The summed E-state index contributed by atoms with van der Waals surface area (Å²) in [5.74, 6) is -0.0734. The lowest BCUT2D eigenvalue weighted by atomic mass is 10.0. The molecule has 1 aliphatic heterocycles. The molecule has 0 spiro atoms. The second kappa shape index (κ2) is 17.7. The normalized spacial score (nSPS) is 17.9. The zero-order chi connectivity index (χ0) is 31.9. The number of nitrogens with zero attached hydrogens (tertiary/aromatic N) is 1. The first-order valence-electron chi connectivity index (χ1n) is 15.4. The van der Waals surface area contributed by atoms with E-state index in [-0.39, 0.29) is 37.0 Å². The Morgan fingerprint density at radius 2 is 1.77 bits per heavy atom. The standard InChI is InChI=1S/C33H46N4O7/c1-5-6-17-37-18-20-44-27-13-8-7-12-24(27)31(39)36-25(22-30(38)35-26(33(37)41)21-23(2)3)32(40)34-16-11-19-43-29-15-10-9-14-28(29)42-4/h7-10,12-15,23,25-26H,5-6,11,16-22H2,1-4H3,(H,34,40)(H,35,38)(H,36,39)/t25-,26-/m0/s1. The molecule has 0 bridgehead atoms. The topological polar surface area (TPSA) is 135 Å². The van der Waals surface area contributed by atoms with Crippen LogP contribution < -0.4 is 30.2 Å². The summed E-state index contributed by atoms with van der Waals surface area (Å²) >= 11 is 0. The van der Waals surface area contributed by atoms with Crippen molar-refractivity contribution >= 4 is 23.6 Å². The lowest BCUT2D eigenvalue weighted by Crippen LogP contribution is -2.53. The molecule has 44 heavy (non-hydrogen) atoms. The van der Waals surface area contributed by atoms with Crippen molar-refractivity contribution < 1.29 is 33.4 Å². The summed E-state index contributed by atoms with van der Waals surface area (Å²) in [7, 11) is 1.56. The Labute approximate surface area is 260 Å². The molecular weight excluding hydrogens is 564 g/mol. The minimum Gasteiger partial charge on any atom is -0.493 e. The van der Waals surface area contributed by atoms with E-state index in [1.807, 2.05) is 32.9 Å². The van der Waals surface area contributed by atoms with Gasteiger partial charge in [-0.05, 0) is 49.4 Å². The van der Waals surface area contributed by atoms with Crippen LogP contribution in [-0.2, 0) is 14.4 Å². The molecule has 0 aliphatic carbocycles. The molecule has 11 nitrogen and oxygen atoms in total. The number of benzene rings is 2. The van der Waals surface area contributed by atoms with Crippen LogP contribution in [-0.4, -0.2) is 80.6 Å². The van der Waals surface area contributed by atoms with Gasteiger partial charge in [0.15, 0.2) is 11.5 Å². The van der Waals surface area contributed by atoms with E-state index in [1.54, 1.807) is 48.4 Å². The van der Waals surface area contributed by atoms with Gasteiger partial charge in [0.25, 0.3) is 5.91 Å². The molecule has 11 heteroatoms. The van der Waals surface area contributed by atoms with E-state index in [9.17, 15) is 19.2 Å². The van der Waals surface area contributed by atoms with Crippen molar-refractivity contribution in [2.75, 3.05) is 40.0 Å². The molecule has 0 radical (unpaired) electrons. The van der Waals surface area contributed by atoms with Crippen LogP contribution in [0, 0.1) is 5.92 Å². The summed E-state index contributed by atoms with van der Waals surface area (Å²) in [6, 6.07) is 12.0. The lowest BCUT2D eigenvalue weighted by molar-refractivity contribution is -0.137. The molecule has 0 aromatic heterocycles. The number of unbranched alkanes of at least 4 members (excludes halogenated alkanes) is 1. The minimum absolute atomic E-state index is 0.135. The van der Waals surface area contributed by atoms with Crippen LogP contribution in [0.25, 0.3) is 0 Å². The van der Waals surface area contributed by atoms with Crippen LogP contribution >= 0.6 is 0 Å². The molecule has 3 rings (SSSR count). The average Bonchev–Trinajstić information content (AvgIpc) is 3.01. The van der Waals surface area contributed by atoms with Crippen LogP contribution in [0.2, 0.25) is 0 Å². The van der Waals surface area contributed by atoms with Crippen LogP contribution in [0.1, 0.15) is 63.2 Å². The summed E-state index contributed by atoms with van der Waals surface area (Å²) in [6.07, 6.45) is 2.28. The Morgan fingerprint density at radius 1 is 1.05 bits per heavy atom. The molecule has 0 unspecified atom stereocenters. The average molecular weight is 611 g/mol. The quantitative estimate of drug-likeness (QED) is 0.314. The predicted octanol–water partition coefficient (Wildman–Crippen LogP) is 3.32. The number of fused-ring (bicyclic) bond motifs is 1. The minimum atomic E-state index is -1.18. The van der Waals surface area contributed by atoms with Gasteiger partial charge in [-0.1, -0.05) is 51.5 Å². The Hall–Kier alpha value is -4.28. The Balaban J connectivity index is 1.76. The fourth-order valence-corrected chi connectivity index (χ4v) is 4.85. The number of ether oxygens (including phenoxy) is 3. The van der Waals surface area contributed by atoms with E-state index >= 15 is 0 Å². The summed E-state index contributed by atoms with van der Waals surface area (Å²) in [5.41, 5.74) is 0.233. The molecule has 4 amide bonds. The number of nitrogens with one attached hydrogen (secondary N) is 3. The molecule has 0 fully saturated rings. The molecule has 2 atom stereocenters. The third-order valence-electron chi connectivity index (χ3n) is 7.14. The van der Waals surface area contributed by atoms with Crippen molar-refractivity contribution in [3.05, 3.63) is 54.1 Å². The van der Waals surface area contributed by atoms with Gasteiger partial charge in [0.05, 0.1) is 32.2 Å². The Kier molecular flexibility index (Phi) is 13.8. The maximum atomic E-state index is 13.6. The molecule has 1 aliphatic rings. The Bertz CT molecular complexity index is 1250. The zero-order valence-corrected chi connectivity index (χ0v) is 26.2. The number of carbonyl (C=O) groups excluding carboxylic acids is 4. The van der Waals surface area contributed by atoms with Crippen LogP contribution in [0.15, 0.2) is 48.5 Å². The van der Waals surface area contributed by atoms with E-state index in [0.717, 1.165) is 12.8 Å². The molecule has 2 aromatic carbocycles. The van der Waals surface area contributed by atoms with Crippen molar-refractivity contribution in [2.45, 2.75) is 65.0 Å². The maximum absolute atomic E-state index is 13.6. The highest BCUT2D eigenvalue weighted by molar-refractivity contribution is 6.01. The number of amides is 4. The van der Waals surface area contributed by atoms with Crippen molar-refractivity contribution in [2.24, 2.45) is 5.92 Å². The lowest BCUT2D eigenvalue weighted by Gasteiger charge is -2.30. The van der Waals surface area contributed by atoms with Crippen molar-refractivity contribution in [3.63, 3.8) is 0 Å². The van der Waals surface area contributed by atoms with Crippen LogP contribution in [0.3, 0.4) is 0 Å². The second-order valence-electron chi connectivity index (χ2n) is 11.1. The van der Waals surface area contributed by atoms with Crippen LogP contribution in [0.5, 0.6) is 17.2 Å². The zero-order valence-electron chi connectivity index (χ0n) is 26.2. The van der Waals surface area contributed by atoms with Gasteiger partial charge in [0.1, 0.15) is 24.4 Å². The molecule has 0 saturated carbocycles. The van der Waals surface area contributed by atoms with Gasteiger partial charge in [0, 0.05) is 13.1 Å². The van der Waals surface area contributed by atoms with E-state index in [0.29, 0.717) is 49.8 Å². The first kappa shape index (κ1) is 34.2. The van der Waals surface area contributed by atoms with E-state index in [1.165, 1.54) is 0 Å². The fourth-order valence-electron chi connectivity index (χ4n) is 4.85. The number of carbonyl (C=O) groups is 4. The van der Waals surface area contributed by atoms with Gasteiger partial charge in [-0.2, -0.15) is 0 Å². The number of rotatable bonds is 12. The molecule has 2 aromatic rings. The van der Waals surface area contributed by atoms with Crippen molar-refractivity contribution in [1.82, 2.24) is 20.9 Å². The largest absolute Gasteiger partial charge is 0.493 e. The smallest absolute Gasteiger partial charge is 0.255 e. The SMILES string of the molecule is CCCCN1CCOc2ccccc2C(=O)N[C@H](C(=O)NCCCOc2ccccc2OC)CC(=O)N[C@@H](CC(C)C)C1=O. The third kappa shape index (κ3) is 10.5. The van der Waals surface area contributed by atoms with E-state index in [2.05, 4.69) is 16.0 Å². The van der Waals surface area contributed by atoms with Gasteiger partial charge in [-0.15, -0.1) is 0 Å². The molecule has 1 heterocycles. The van der Waals surface area contributed by atoms with Gasteiger partial charge < -0.3 is 35.1 Å². The number of methoxy groups -OCH3 is 1.